The summed E-state index contributed by atoms with van der Waals surface area (Å²) in [6.07, 6.45) is -2.46. The Hall–Kier alpha value is -0.290. The fourth-order valence-corrected chi connectivity index (χ4v) is 1.54. The lowest BCUT2D eigenvalue weighted by Gasteiger charge is -2.27. The van der Waals surface area contributed by atoms with E-state index in [0.29, 0.717) is 13.1 Å². The van der Waals surface area contributed by atoms with Crippen LogP contribution in [0.1, 0.15) is 12.8 Å². The molecule has 0 amide bonds. The first-order chi connectivity index (χ1) is 5.55. The minimum Gasteiger partial charge on any atom is -0.329 e. The van der Waals surface area contributed by atoms with Crippen LogP contribution in [-0.2, 0) is 0 Å². The van der Waals surface area contributed by atoms with Gasteiger partial charge in [0.1, 0.15) is 6.04 Å². The van der Waals surface area contributed by atoms with Crippen molar-refractivity contribution in [3.05, 3.63) is 0 Å². The first kappa shape index (κ1) is 9.80. The monoisotopic (exact) mass is 182 g/mol. The molecule has 1 heterocycles. The molecule has 0 saturated carbocycles. The van der Waals surface area contributed by atoms with E-state index in [0.717, 1.165) is 12.8 Å². The van der Waals surface area contributed by atoms with Crippen LogP contribution in [0.5, 0.6) is 0 Å². The maximum absolute atomic E-state index is 12.3. The smallest absolute Gasteiger partial charge is 0.329 e. The standard InChI is InChI=1S/C7H13F3N2/c8-7(9,10)6(5-11)12-3-1-2-4-12/h6H,1-5,11H2. The molecule has 1 aliphatic heterocycles. The predicted octanol–water partition coefficient (Wildman–Crippen LogP) is 0.972. The van der Waals surface area contributed by atoms with Gasteiger partial charge in [0.05, 0.1) is 0 Å². The lowest BCUT2D eigenvalue weighted by Crippen LogP contribution is -2.48. The number of nitrogens with two attached hydrogens (primary N) is 1. The van der Waals surface area contributed by atoms with E-state index in [2.05, 4.69) is 0 Å². The van der Waals surface area contributed by atoms with E-state index in [-0.39, 0.29) is 6.54 Å². The van der Waals surface area contributed by atoms with E-state index in [4.69, 9.17) is 5.73 Å². The number of rotatable bonds is 2. The summed E-state index contributed by atoms with van der Waals surface area (Å²) in [6.45, 7) is 0.728. The molecule has 0 aromatic carbocycles. The molecular weight excluding hydrogens is 169 g/mol. The molecule has 72 valence electrons. The summed E-state index contributed by atoms with van der Waals surface area (Å²) in [7, 11) is 0. The van der Waals surface area contributed by atoms with Gasteiger partial charge in [-0.15, -0.1) is 0 Å². The maximum Gasteiger partial charge on any atom is 0.405 e. The van der Waals surface area contributed by atoms with Gasteiger partial charge in [-0.05, 0) is 25.9 Å². The summed E-state index contributed by atoms with van der Waals surface area (Å²) in [4.78, 5) is 1.42. The Morgan fingerprint density at radius 1 is 1.25 bits per heavy atom. The highest BCUT2D eigenvalue weighted by molar-refractivity contribution is 4.82. The van der Waals surface area contributed by atoms with Gasteiger partial charge in [0.15, 0.2) is 0 Å². The van der Waals surface area contributed by atoms with Crippen LogP contribution in [-0.4, -0.2) is 36.8 Å². The van der Waals surface area contributed by atoms with Crippen LogP contribution < -0.4 is 5.73 Å². The predicted molar refractivity (Wildman–Crippen MR) is 39.7 cm³/mol. The summed E-state index contributed by atoms with van der Waals surface area (Å²) in [5.41, 5.74) is 5.08. The normalized spacial score (nSPS) is 23.0. The van der Waals surface area contributed by atoms with Crippen molar-refractivity contribution in [3.8, 4) is 0 Å². The minimum absolute atomic E-state index is 0.330. The van der Waals surface area contributed by atoms with E-state index in [9.17, 15) is 13.2 Å². The number of hydrogen-bond acceptors (Lipinski definition) is 2. The van der Waals surface area contributed by atoms with E-state index < -0.39 is 12.2 Å². The van der Waals surface area contributed by atoms with E-state index in [1.54, 1.807) is 0 Å². The molecule has 0 aromatic heterocycles. The molecule has 0 aromatic rings. The van der Waals surface area contributed by atoms with Crippen LogP contribution in [0.2, 0.25) is 0 Å². The van der Waals surface area contributed by atoms with E-state index >= 15 is 0 Å². The molecule has 1 atom stereocenters. The van der Waals surface area contributed by atoms with Crippen LogP contribution in [0.3, 0.4) is 0 Å². The first-order valence-electron chi connectivity index (χ1n) is 4.06. The van der Waals surface area contributed by atoms with Crippen molar-refractivity contribution in [2.24, 2.45) is 5.73 Å². The average molecular weight is 182 g/mol. The van der Waals surface area contributed by atoms with Gasteiger partial charge in [0.25, 0.3) is 0 Å². The second-order valence-electron chi connectivity index (χ2n) is 3.04. The van der Waals surface area contributed by atoms with Crippen molar-refractivity contribution in [3.63, 3.8) is 0 Å². The number of halogens is 3. The largest absolute Gasteiger partial charge is 0.405 e. The van der Waals surface area contributed by atoms with Crippen LogP contribution in [0.15, 0.2) is 0 Å². The summed E-state index contributed by atoms with van der Waals surface area (Å²) in [5, 5.41) is 0. The third kappa shape index (κ3) is 2.10. The molecule has 1 unspecified atom stereocenters. The quantitative estimate of drug-likeness (QED) is 0.689. The molecule has 5 heteroatoms. The Kier molecular flexibility index (Phi) is 2.95. The zero-order valence-corrected chi connectivity index (χ0v) is 6.77. The van der Waals surface area contributed by atoms with Gasteiger partial charge in [-0.25, -0.2) is 0 Å². The van der Waals surface area contributed by atoms with Gasteiger partial charge in [0, 0.05) is 6.54 Å². The molecule has 1 saturated heterocycles. The highest BCUT2D eigenvalue weighted by Crippen LogP contribution is 2.26. The van der Waals surface area contributed by atoms with Crippen LogP contribution in [0.4, 0.5) is 13.2 Å². The molecule has 2 nitrogen and oxygen atoms in total. The summed E-state index contributed by atoms with van der Waals surface area (Å²) >= 11 is 0. The fourth-order valence-electron chi connectivity index (χ4n) is 1.54. The Bertz CT molecular complexity index is 140. The fraction of sp³-hybridized carbons (Fsp3) is 1.00. The van der Waals surface area contributed by atoms with Gasteiger partial charge in [0.2, 0.25) is 0 Å². The number of nitrogens with zero attached hydrogens (tertiary/aromatic N) is 1. The van der Waals surface area contributed by atoms with Crippen molar-refractivity contribution < 1.29 is 13.2 Å². The lowest BCUT2D eigenvalue weighted by molar-refractivity contribution is -0.178. The van der Waals surface area contributed by atoms with Crippen molar-refractivity contribution in [1.29, 1.82) is 0 Å². The second kappa shape index (κ2) is 3.62. The summed E-state index contributed by atoms with van der Waals surface area (Å²) < 4.78 is 36.8. The van der Waals surface area contributed by atoms with E-state index in [1.807, 2.05) is 0 Å². The molecule has 1 rings (SSSR count). The second-order valence-corrected chi connectivity index (χ2v) is 3.04. The summed E-state index contributed by atoms with van der Waals surface area (Å²) in [5.74, 6) is 0. The molecule has 2 N–H and O–H groups in total. The average Bonchev–Trinajstić information content (AvgIpc) is 2.38. The first-order valence-corrected chi connectivity index (χ1v) is 4.06. The number of likely N-dealkylation sites (tertiary alicyclic amines) is 1. The highest BCUT2D eigenvalue weighted by atomic mass is 19.4. The SMILES string of the molecule is NCC(N1CCCC1)C(F)(F)F. The number of alkyl halides is 3. The molecule has 12 heavy (non-hydrogen) atoms. The third-order valence-corrected chi connectivity index (χ3v) is 2.18. The van der Waals surface area contributed by atoms with Gasteiger partial charge in [-0.3, -0.25) is 4.90 Å². The van der Waals surface area contributed by atoms with Crippen LogP contribution in [0, 0.1) is 0 Å². The van der Waals surface area contributed by atoms with Crippen LogP contribution >= 0.6 is 0 Å². The van der Waals surface area contributed by atoms with Gasteiger partial charge in [-0.2, -0.15) is 13.2 Å². The minimum atomic E-state index is -4.17. The topological polar surface area (TPSA) is 29.3 Å². The molecule has 1 fully saturated rings. The zero-order valence-electron chi connectivity index (χ0n) is 6.77. The Morgan fingerprint density at radius 3 is 2.08 bits per heavy atom. The van der Waals surface area contributed by atoms with Crippen molar-refractivity contribution in [2.45, 2.75) is 25.1 Å². The molecule has 0 spiro atoms. The van der Waals surface area contributed by atoms with Gasteiger partial charge >= 0.3 is 6.18 Å². The van der Waals surface area contributed by atoms with Crippen molar-refractivity contribution in [2.75, 3.05) is 19.6 Å². The van der Waals surface area contributed by atoms with Gasteiger partial charge in [-0.1, -0.05) is 0 Å². The maximum atomic E-state index is 12.3. The molecule has 0 aliphatic carbocycles. The Morgan fingerprint density at radius 2 is 1.75 bits per heavy atom. The lowest BCUT2D eigenvalue weighted by atomic mass is 10.2. The Labute approximate surface area is 69.5 Å². The zero-order chi connectivity index (χ0) is 9.19. The summed E-state index contributed by atoms with van der Waals surface area (Å²) in [6, 6.07) is -1.43. The highest BCUT2D eigenvalue weighted by Gasteiger charge is 2.43. The van der Waals surface area contributed by atoms with Crippen molar-refractivity contribution in [1.82, 2.24) is 4.90 Å². The van der Waals surface area contributed by atoms with E-state index in [1.165, 1.54) is 4.90 Å². The molecule has 0 bridgehead atoms. The molecular formula is C7H13F3N2. The molecule has 1 aliphatic rings. The van der Waals surface area contributed by atoms with Crippen LogP contribution in [0.25, 0.3) is 0 Å². The van der Waals surface area contributed by atoms with Gasteiger partial charge < -0.3 is 5.73 Å². The Balaban J connectivity index is 2.54. The number of hydrogen-bond donors (Lipinski definition) is 1. The third-order valence-electron chi connectivity index (χ3n) is 2.18. The van der Waals surface area contributed by atoms with Crippen molar-refractivity contribution >= 4 is 0 Å². The molecule has 0 radical (unpaired) electrons.